The summed E-state index contributed by atoms with van der Waals surface area (Å²) in [5.41, 5.74) is 7.24. The molecule has 0 saturated carbocycles. The molecule has 0 aliphatic heterocycles. The summed E-state index contributed by atoms with van der Waals surface area (Å²) in [6.45, 7) is 8.46. The molecule has 8 heteroatoms. The fourth-order valence-electron chi connectivity index (χ4n) is 1.80. The Hall–Kier alpha value is -1.70. The Balaban J connectivity index is 2.45. The van der Waals surface area contributed by atoms with E-state index in [0.29, 0.717) is 10.8 Å². The Labute approximate surface area is 115 Å². The van der Waals surface area contributed by atoms with E-state index in [-0.39, 0.29) is 11.7 Å². The number of aromatic nitrogens is 5. The number of nitrogens with one attached hydrogen (secondary N) is 1. The molecule has 3 N–H and O–H groups in total. The minimum atomic E-state index is -0.213. The molecule has 7 nitrogen and oxygen atoms in total. The molecule has 2 aromatic heterocycles. The van der Waals surface area contributed by atoms with Crippen LogP contribution in [0.25, 0.3) is 0 Å². The minimum absolute atomic E-state index is 0.0362. The highest BCUT2D eigenvalue weighted by Crippen LogP contribution is 2.32. The second-order valence-corrected chi connectivity index (χ2v) is 5.45. The van der Waals surface area contributed by atoms with Gasteiger partial charge in [0.2, 0.25) is 0 Å². The van der Waals surface area contributed by atoms with Crippen LogP contribution in [0.1, 0.15) is 32.5 Å². The standard InChI is InChI=1S/C11H18N6OS/c1-5-16-9(8(12)7(4)15-16)19-11-14-13-10(18)17(11)6(2)3/h6H,5,12H2,1-4H3,(H,13,18). The van der Waals surface area contributed by atoms with Crippen LogP contribution in [0.5, 0.6) is 0 Å². The number of nitrogen functional groups attached to an aromatic ring is 1. The quantitative estimate of drug-likeness (QED) is 0.884. The van der Waals surface area contributed by atoms with Gasteiger partial charge in [0.05, 0.1) is 11.4 Å². The second kappa shape index (κ2) is 5.12. The number of aryl methyl sites for hydroxylation is 2. The molecule has 0 spiro atoms. The van der Waals surface area contributed by atoms with Crippen molar-refractivity contribution in [2.75, 3.05) is 5.73 Å². The predicted molar refractivity (Wildman–Crippen MR) is 74.4 cm³/mol. The summed E-state index contributed by atoms with van der Waals surface area (Å²) < 4.78 is 3.42. The summed E-state index contributed by atoms with van der Waals surface area (Å²) in [5, 5.41) is 12.3. The van der Waals surface area contributed by atoms with Gasteiger partial charge in [-0.2, -0.15) is 5.10 Å². The van der Waals surface area contributed by atoms with Gasteiger partial charge in [-0.25, -0.2) is 9.89 Å². The molecule has 0 saturated heterocycles. The lowest BCUT2D eigenvalue weighted by molar-refractivity contribution is 0.532. The molecule has 0 radical (unpaired) electrons. The summed E-state index contributed by atoms with van der Waals surface area (Å²) in [4.78, 5) is 11.7. The molecule has 19 heavy (non-hydrogen) atoms. The van der Waals surface area contributed by atoms with Crippen LogP contribution in [0.3, 0.4) is 0 Å². The molecule has 0 aromatic carbocycles. The first-order chi connectivity index (χ1) is 8.95. The molecule has 0 aliphatic rings. The number of H-pyrrole nitrogens is 1. The van der Waals surface area contributed by atoms with Crippen LogP contribution in [0.4, 0.5) is 5.69 Å². The third-order valence-electron chi connectivity index (χ3n) is 2.80. The first-order valence-corrected chi connectivity index (χ1v) is 6.95. The molecule has 0 bridgehead atoms. The average molecular weight is 282 g/mol. The molecular formula is C11H18N6OS. The Bertz CT molecular complexity index is 638. The summed E-state index contributed by atoms with van der Waals surface area (Å²) in [7, 11) is 0. The van der Waals surface area contributed by atoms with Gasteiger partial charge in [-0.15, -0.1) is 5.10 Å². The lowest BCUT2D eigenvalue weighted by atomic mass is 10.4. The first-order valence-electron chi connectivity index (χ1n) is 6.13. The molecule has 0 fully saturated rings. The number of anilines is 1. The van der Waals surface area contributed by atoms with Crippen LogP contribution in [0.15, 0.2) is 15.0 Å². The molecule has 2 aromatic rings. The van der Waals surface area contributed by atoms with Crippen molar-refractivity contribution in [2.45, 2.75) is 50.5 Å². The summed E-state index contributed by atoms with van der Waals surface area (Å²) >= 11 is 1.36. The Morgan fingerprint density at radius 3 is 2.74 bits per heavy atom. The molecule has 2 heterocycles. The summed E-state index contributed by atoms with van der Waals surface area (Å²) in [6.07, 6.45) is 0. The molecule has 2 rings (SSSR count). The highest BCUT2D eigenvalue weighted by atomic mass is 32.2. The Morgan fingerprint density at radius 1 is 1.47 bits per heavy atom. The van der Waals surface area contributed by atoms with E-state index in [0.717, 1.165) is 17.3 Å². The second-order valence-electron chi connectivity index (χ2n) is 4.50. The maximum absolute atomic E-state index is 11.7. The van der Waals surface area contributed by atoms with Gasteiger partial charge in [0.1, 0.15) is 5.03 Å². The smallest absolute Gasteiger partial charge is 0.344 e. The third-order valence-corrected chi connectivity index (χ3v) is 3.90. The van der Waals surface area contributed by atoms with Gasteiger partial charge < -0.3 is 5.73 Å². The Morgan fingerprint density at radius 2 is 2.16 bits per heavy atom. The molecule has 0 aliphatic carbocycles. The van der Waals surface area contributed by atoms with E-state index in [1.54, 1.807) is 4.57 Å². The minimum Gasteiger partial charge on any atom is -0.395 e. The Kier molecular flexibility index (Phi) is 3.70. The first kappa shape index (κ1) is 13.7. The monoisotopic (exact) mass is 282 g/mol. The maximum Gasteiger partial charge on any atom is 0.344 e. The summed E-state index contributed by atoms with van der Waals surface area (Å²) in [5.74, 6) is 0. The van der Waals surface area contributed by atoms with E-state index in [1.807, 2.05) is 32.4 Å². The lowest BCUT2D eigenvalue weighted by Gasteiger charge is -2.09. The van der Waals surface area contributed by atoms with E-state index >= 15 is 0 Å². The van der Waals surface area contributed by atoms with Gasteiger partial charge in [-0.1, -0.05) is 0 Å². The number of nitrogens with two attached hydrogens (primary N) is 1. The highest BCUT2D eigenvalue weighted by molar-refractivity contribution is 7.99. The highest BCUT2D eigenvalue weighted by Gasteiger charge is 2.18. The van der Waals surface area contributed by atoms with Crippen LogP contribution in [0, 0.1) is 6.92 Å². The number of nitrogens with zero attached hydrogens (tertiary/aromatic N) is 4. The van der Waals surface area contributed by atoms with Gasteiger partial charge in [0.15, 0.2) is 5.16 Å². The van der Waals surface area contributed by atoms with E-state index in [9.17, 15) is 4.79 Å². The average Bonchev–Trinajstić information content (AvgIpc) is 2.84. The van der Waals surface area contributed by atoms with E-state index in [4.69, 9.17) is 5.73 Å². The van der Waals surface area contributed by atoms with Gasteiger partial charge in [-0.05, 0) is 39.5 Å². The molecule has 104 valence electrons. The van der Waals surface area contributed by atoms with Crippen molar-refractivity contribution in [3.63, 3.8) is 0 Å². The van der Waals surface area contributed by atoms with Crippen LogP contribution in [0.2, 0.25) is 0 Å². The van der Waals surface area contributed by atoms with Crippen molar-refractivity contribution < 1.29 is 0 Å². The summed E-state index contributed by atoms with van der Waals surface area (Å²) in [6, 6.07) is 0.0362. The van der Waals surface area contributed by atoms with E-state index in [2.05, 4.69) is 15.3 Å². The zero-order valence-corrected chi connectivity index (χ0v) is 12.3. The fraction of sp³-hybridized carbons (Fsp3) is 0.545. The maximum atomic E-state index is 11.7. The van der Waals surface area contributed by atoms with Crippen molar-refractivity contribution in [3.8, 4) is 0 Å². The topological polar surface area (TPSA) is 94.5 Å². The number of hydrogen-bond acceptors (Lipinski definition) is 5. The van der Waals surface area contributed by atoms with Gasteiger partial charge in [0, 0.05) is 12.6 Å². The van der Waals surface area contributed by atoms with Crippen LogP contribution < -0.4 is 11.4 Å². The van der Waals surface area contributed by atoms with Gasteiger partial charge in [-0.3, -0.25) is 9.25 Å². The fourth-order valence-corrected chi connectivity index (χ4v) is 2.99. The molecule has 0 unspecified atom stereocenters. The van der Waals surface area contributed by atoms with Gasteiger partial charge in [0.25, 0.3) is 0 Å². The van der Waals surface area contributed by atoms with Crippen molar-refractivity contribution in [1.29, 1.82) is 0 Å². The molecule has 0 atom stereocenters. The largest absolute Gasteiger partial charge is 0.395 e. The number of hydrogen-bond donors (Lipinski definition) is 2. The van der Waals surface area contributed by atoms with Crippen LogP contribution >= 0.6 is 11.8 Å². The van der Waals surface area contributed by atoms with Crippen LogP contribution in [-0.2, 0) is 6.54 Å². The van der Waals surface area contributed by atoms with Crippen molar-refractivity contribution in [2.24, 2.45) is 0 Å². The van der Waals surface area contributed by atoms with Crippen molar-refractivity contribution in [1.82, 2.24) is 24.5 Å². The zero-order valence-electron chi connectivity index (χ0n) is 11.5. The molecule has 0 amide bonds. The molecular weight excluding hydrogens is 264 g/mol. The van der Waals surface area contributed by atoms with E-state index < -0.39 is 0 Å². The SMILES string of the molecule is CCn1nc(C)c(N)c1Sc1n[nH]c(=O)n1C(C)C. The zero-order chi connectivity index (χ0) is 14.2. The third kappa shape index (κ3) is 2.40. The van der Waals surface area contributed by atoms with Gasteiger partial charge >= 0.3 is 5.69 Å². The van der Waals surface area contributed by atoms with Crippen molar-refractivity contribution >= 4 is 17.4 Å². The predicted octanol–water partition coefficient (Wildman–Crippen LogP) is 1.41. The normalized spacial score (nSPS) is 11.4. The number of aromatic amines is 1. The van der Waals surface area contributed by atoms with E-state index in [1.165, 1.54) is 11.8 Å². The lowest BCUT2D eigenvalue weighted by Crippen LogP contribution is -2.19. The van der Waals surface area contributed by atoms with Crippen LogP contribution in [-0.4, -0.2) is 24.5 Å². The number of rotatable bonds is 4. The van der Waals surface area contributed by atoms with Crippen molar-refractivity contribution in [3.05, 3.63) is 16.2 Å².